The van der Waals surface area contributed by atoms with Gasteiger partial charge in [0, 0.05) is 24.5 Å². The molecule has 2 unspecified atom stereocenters. The first kappa shape index (κ1) is 4.69. The molecule has 0 aromatic rings. The van der Waals surface area contributed by atoms with Gasteiger partial charge in [0.1, 0.15) is 0 Å². The van der Waals surface area contributed by atoms with Crippen LogP contribution in [0.4, 0.5) is 0 Å². The highest BCUT2D eigenvalue weighted by Gasteiger charge is 2.69. The number of aliphatic hydroxyl groups is 1. The van der Waals surface area contributed by atoms with Crippen LogP contribution < -0.4 is 0 Å². The number of hydrogen-bond donors (Lipinski definition) is 1. The van der Waals surface area contributed by atoms with Crippen molar-refractivity contribution in [1.82, 2.24) is 4.90 Å². The van der Waals surface area contributed by atoms with Crippen molar-refractivity contribution in [3.63, 3.8) is 0 Å². The van der Waals surface area contributed by atoms with Gasteiger partial charge in [0.15, 0.2) is 0 Å². The van der Waals surface area contributed by atoms with Crippen LogP contribution in [0, 0.1) is 5.92 Å². The predicted octanol–water partition coefficient (Wildman–Crippen LogP) is -0.175. The molecule has 0 bridgehead atoms. The molecule has 3 atom stereocenters. The molecule has 1 N–H and O–H groups in total. The van der Waals surface area contributed by atoms with E-state index in [1.54, 1.807) is 0 Å². The maximum Gasteiger partial charge on any atom is 0.0713 e. The van der Waals surface area contributed by atoms with Crippen LogP contribution >= 0.6 is 0 Å². The molecule has 0 radical (unpaired) electrons. The van der Waals surface area contributed by atoms with E-state index < -0.39 is 0 Å². The van der Waals surface area contributed by atoms with Crippen molar-refractivity contribution in [2.75, 3.05) is 13.1 Å². The third kappa shape index (κ3) is 0.332. The summed E-state index contributed by atoms with van der Waals surface area (Å²) < 4.78 is 0. The number of β-amino-alcohol motifs (C(OH)–C–C–N with tert-alkyl or cyclic N) is 1. The van der Waals surface area contributed by atoms with Gasteiger partial charge in [0.2, 0.25) is 0 Å². The molecule has 0 aromatic heterocycles. The van der Waals surface area contributed by atoms with Crippen molar-refractivity contribution in [1.29, 1.82) is 0 Å². The quantitative estimate of drug-likeness (QED) is 0.485. The highest BCUT2D eigenvalue weighted by atomic mass is 16.3. The van der Waals surface area contributed by atoms with Crippen LogP contribution in [0.25, 0.3) is 0 Å². The van der Waals surface area contributed by atoms with Crippen LogP contribution in [0.5, 0.6) is 0 Å². The SMILES string of the molecule is O[C@@H]1CN2CCC23CC13. The zero-order valence-corrected chi connectivity index (χ0v) is 5.38. The van der Waals surface area contributed by atoms with Crippen LogP contribution in [0.15, 0.2) is 0 Å². The summed E-state index contributed by atoms with van der Waals surface area (Å²) in [5.41, 5.74) is 0.555. The maximum absolute atomic E-state index is 9.37. The first-order chi connectivity index (χ1) is 4.33. The summed E-state index contributed by atoms with van der Waals surface area (Å²) in [5, 5.41) is 9.37. The molecule has 1 aliphatic carbocycles. The van der Waals surface area contributed by atoms with E-state index in [2.05, 4.69) is 4.90 Å². The second-order valence-electron chi connectivity index (χ2n) is 3.68. The molecule has 0 aromatic carbocycles. The van der Waals surface area contributed by atoms with Crippen molar-refractivity contribution >= 4 is 0 Å². The van der Waals surface area contributed by atoms with Crippen molar-refractivity contribution in [2.45, 2.75) is 24.5 Å². The molecular weight excluding hydrogens is 114 g/mol. The van der Waals surface area contributed by atoms with E-state index in [9.17, 15) is 5.11 Å². The Morgan fingerprint density at radius 3 is 2.67 bits per heavy atom. The number of rotatable bonds is 0. The molecule has 2 aliphatic heterocycles. The van der Waals surface area contributed by atoms with Gasteiger partial charge in [-0.25, -0.2) is 0 Å². The van der Waals surface area contributed by atoms with Gasteiger partial charge in [-0.2, -0.15) is 0 Å². The molecule has 2 heteroatoms. The third-order valence-electron chi connectivity index (χ3n) is 3.42. The number of nitrogens with zero attached hydrogens (tertiary/aromatic N) is 1. The highest BCUT2D eigenvalue weighted by molar-refractivity contribution is 5.24. The second kappa shape index (κ2) is 1.06. The Bertz CT molecular complexity index is 166. The van der Waals surface area contributed by atoms with Gasteiger partial charge >= 0.3 is 0 Å². The minimum atomic E-state index is 0.0208. The lowest BCUT2D eigenvalue weighted by molar-refractivity contribution is 0.0788. The van der Waals surface area contributed by atoms with E-state index in [1.165, 1.54) is 19.4 Å². The van der Waals surface area contributed by atoms with Crippen molar-refractivity contribution in [2.24, 2.45) is 5.92 Å². The lowest BCUT2D eigenvalue weighted by atomic mass is 10.0. The van der Waals surface area contributed by atoms with Gasteiger partial charge in [-0.3, -0.25) is 4.90 Å². The van der Waals surface area contributed by atoms with Crippen molar-refractivity contribution in [3.8, 4) is 0 Å². The number of aliphatic hydroxyl groups excluding tert-OH is 1. The molecule has 3 rings (SSSR count). The molecule has 2 nitrogen and oxygen atoms in total. The summed E-state index contributed by atoms with van der Waals surface area (Å²) >= 11 is 0. The standard InChI is InChI=1S/C7H11NO/c9-6-4-8-2-1-7(8)3-5(6)7/h5-6,9H,1-4H2/t5?,6-,7?/m1/s1. The fourth-order valence-corrected chi connectivity index (χ4v) is 2.65. The molecule has 0 amide bonds. The first-order valence-electron chi connectivity index (χ1n) is 3.76. The van der Waals surface area contributed by atoms with E-state index in [0.717, 1.165) is 6.54 Å². The van der Waals surface area contributed by atoms with Crippen LogP contribution in [-0.4, -0.2) is 34.7 Å². The highest BCUT2D eigenvalue weighted by Crippen LogP contribution is 2.62. The van der Waals surface area contributed by atoms with Crippen LogP contribution in [0.1, 0.15) is 12.8 Å². The summed E-state index contributed by atoms with van der Waals surface area (Å²) in [7, 11) is 0. The van der Waals surface area contributed by atoms with E-state index in [1.807, 2.05) is 0 Å². The van der Waals surface area contributed by atoms with Crippen LogP contribution in [0.3, 0.4) is 0 Å². The number of piperidine rings is 1. The van der Waals surface area contributed by atoms with Crippen LogP contribution in [0.2, 0.25) is 0 Å². The van der Waals surface area contributed by atoms with E-state index in [-0.39, 0.29) is 6.10 Å². The monoisotopic (exact) mass is 125 g/mol. The van der Waals surface area contributed by atoms with Gasteiger partial charge in [0.25, 0.3) is 0 Å². The average molecular weight is 125 g/mol. The summed E-state index contributed by atoms with van der Waals surface area (Å²) in [6, 6.07) is 0. The van der Waals surface area contributed by atoms with Gasteiger partial charge in [-0.1, -0.05) is 0 Å². The Balaban J connectivity index is 1.97. The van der Waals surface area contributed by atoms with Gasteiger partial charge in [0.05, 0.1) is 6.10 Å². The zero-order valence-electron chi connectivity index (χ0n) is 5.38. The van der Waals surface area contributed by atoms with E-state index in [4.69, 9.17) is 0 Å². The Hall–Kier alpha value is -0.0800. The van der Waals surface area contributed by atoms with Gasteiger partial charge in [-0.15, -0.1) is 0 Å². The molecule has 2 heterocycles. The summed E-state index contributed by atoms with van der Waals surface area (Å²) in [6.45, 7) is 2.21. The summed E-state index contributed by atoms with van der Waals surface area (Å²) in [6.07, 6.45) is 2.66. The van der Waals surface area contributed by atoms with Crippen molar-refractivity contribution < 1.29 is 5.11 Å². The minimum absolute atomic E-state index is 0.0208. The molecule has 3 aliphatic rings. The molecule has 3 fully saturated rings. The fraction of sp³-hybridized carbons (Fsp3) is 1.00. The molecule has 50 valence electrons. The first-order valence-corrected chi connectivity index (χ1v) is 3.76. The van der Waals surface area contributed by atoms with E-state index in [0.29, 0.717) is 11.5 Å². The third-order valence-corrected chi connectivity index (χ3v) is 3.42. The Kier molecular flexibility index (Phi) is 0.552. The second-order valence-corrected chi connectivity index (χ2v) is 3.68. The lowest BCUT2D eigenvalue weighted by Gasteiger charge is -2.38. The Labute approximate surface area is 54.5 Å². The predicted molar refractivity (Wildman–Crippen MR) is 33.0 cm³/mol. The molecular formula is C7H11NO. The maximum atomic E-state index is 9.37. The molecule has 1 saturated carbocycles. The summed E-state index contributed by atoms with van der Waals surface area (Å²) in [5.74, 6) is 0.672. The topological polar surface area (TPSA) is 23.5 Å². The number of hydrogen-bond acceptors (Lipinski definition) is 2. The molecule has 1 spiro atoms. The molecule has 9 heavy (non-hydrogen) atoms. The lowest BCUT2D eigenvalue weighted by Crippen LogP contribution is -2.47. The fourth-order valence-electron chi connectivity index (χ4n) is 2.65. The average Bonchev–Trinajstić information content (AvgIpc) is 2.50. The Morgan fingerprint density at radius 2 is 2.44 bits per heavy atom. The Morgan fingerprint density at radius 1 is 1.56 bits per heavy atom. The van der Waals surface area contributed by atoms with Gasteiger partial charge in [-0.05, 0) is 12.8 Å². The molecule has 2 saturated heterocycles. The smallest absolute Gasteiger partial charge is 0.0713 e. The summed E-state index contributed by atoms with van der Waals surface area (Å²) in [4.78, 5) is 2.45. The normalized spacial score (nSPS) is 62.3. The van der Waals surface area contributed by atoms with Gasteiger partial charge < -0.3 is 5.11 Å². The van der Waals surface area contributed by atoms with E-state index >= 15 is 0 Å². The van der Waals surface area contributed by atoms with Crippen LogP contribution in [-0.2, 0) is 0 Å². The zero-order chi connectivity index (χ0) is 6.06. The largest absolute Gasteiger partial charge is 0.391 e. The van der Waals surface area contributed by atoms with Crippen molar-refractivity contribution in [3.05, 3.63) is 0 Å². The minimum Gasteiger partial charge on any atom is -0.391 e.